The summed E-state index contributed by atoms with van der Waals surface area (Å²) in [4.78, 5) is 36.9. The first kappa shape index (κ1) is 49.7. The number of rotatable bonds is 19. The molecular weight excluding hydrogens is 894 g/mol. The predicted molar refractivity (Wildman–Crippen MR) is 268 cm³/mol. The lowest BCUT2D eigenvalue weighted by Crippen LogP contribution is -2.45. The first-order chi connectivity index (χ1) is 30.8. The van der Waals surface area contributed by atoms with Gasteiger partial charge in [0.15, 0.2) is 15.4 Å². The van der Waals surface area contributed by atoms with Crippen molar-refractivity contribution < 1.29 is 27.4 Å². The molecule has 0 saturated carbocycles. The molecule has 1 aliphatic rings. The number of benzene rings is 5. The second-order valence-corrected chi connectivity index (χ2v) is 26.3. The molecule has 0 radical (unpaired) electrons. The molecule has 6 rings (SSSR count). The van der Waals surface area contributed by atoms with E-state index in [2.05, 4.69) is 90.1 Å². The molecule has 0 aromatic heterocycles. The third kappa shape index (κ3) is 13.0. The van der Waals surface area contributed by atoms with E-state index in [1.54, 1.807) is 23.9 Å². The molecular formula is C50H63ClN5O6S2Si+. The Morgan fingerprint density at radius 1 is 0.923 bits per heavy atom. The maximum Gasteiger partial charge on any atom is 0.340 e. The van der Waals surface area contributed by atoms with Gasteiger partial charge in [-0.1, -0.05) is 87.0 Å². The van der Waals surface area contributed by atoms with Crippen LogP contribution in [0.15, 0.2) is 131 Å². The highest BCUT2D eigenvalue weighted by molar-refractivity contribution is 7.99. The Balaban J connectivity index is 1.13. The number of nitrogens with zero attached hydrogens (tertiary/aromatic N) is 3. The number of thioether (sulfide) groups is 1. The summed E-state index contributed by atoms with van der Waals surface area (Å²) in [5.41, 5.74) is 4.96. The maximum absolute atomic E-state index is 13.7. The van der Waals surface area contributed by atoms with E-state index < -0.39 is 24.2 Å². The summed E-state index contributed by atoms with van der Waals surface area (Å²) in [6.45, 7) is 13.8. The van der Waals surface area contributed by atoms with Gasteiger partial charge in [-0.25, -0.2) is 18.0 Å². The molecule has 65 heavy (non-hydrogen) atoms. The van der Waals surface area contributed by atoms with Crippen molar-refractivity contribution in [1.82, 2.24) is 9.62 Å². The van der Waals surface area contributed by atoms with Crippen molar-refractivity contribution in [3.63, 3.8) is 0 Å². The fourth-order valence-electron chi connectivity index (χ4n) is 7.66. The van der Waals surface area contributed by atoms with Crippen molar-refractivity contribution in [2.24, 2.45) is 5.92 Å². The SMILES string of the molecule is CO[N+](=O)c1cc(S(=O)(=O)NC(=O)c2ccc(N3CCC(C(O[Si](C)(C)C(C)(C)C)c4ccccc4-c4ccc(Cl)cc4)CC3)cc2)ccc1NC(CCN(C)C)CSc1ccccc1. The zero-order valence-electron chi connectivity index (χ0n) is 38.7. The molecule has 0 bridgehead atoms. The van der Waals surface area contributed by atoms with Gasteiger partial charge in [-0.2, -0.15) is 0 Å². The van der Waals surface area contributed by atoms with Gasteiger partial charge in [-0.15, -0.1) is 11.8 Å². The molecule has 5 aromatic rings. The number of sulfonamides is 1. The van der Waals surface area contributed by atoms with Gasteiger partial charge in [-0.05, 0) is 141 Å². The van der Waals surface area contributed by atoms with Gasteiger partial charge in [-0.3, -0.25) is 4.79 Å². The minimum Gasteiger partial charge on any atom is -0.410 e. The maximum atomic E-state index is 13.7. The van der Waals surface area contributed by atoms with Crippen molar-refractivity contribution in [1.29, 1.82) is 0 Å². The number of carbonyl (C=O) groups is 1. The van der Waals surface area contributed by atoms with Gasteiger partial charge >= 0.3 is 5.69 Å². The predicted octanol–water partition coefficient (Wildman–Crippen LogP) is 11.6. The Labute approximate surface area is 396 Å². The lowest BCUT2D eigenvalue weighted by atomic mass is 9.84. The quantitative estimate of drug-likeness (QED) is 0.0470. The third-order valence-corrected chi connectivity index (χ3v) is 19.7. The number of nitrogens with one attached hydrogen (secondary N) is 2. The Hall–Kier alpha value is -4.70. The highest BCUT2D eigenvalue weighted by Gasteiger charge is 2.42. The zero-order chi connectivity index (χ0) is 46.9. The molecule has 2 unspecified atom stereocenters. The molecule has 1 fully saturated rings. The van der Waals surface area contributed by atoms with E-state index in [1.807, 2.05) is 68.7 Å². The highest BCUT2D eigenvalue weighted by atomic mass is 35.5. The van der Waals surface area contributed by atoms with E-state index in [4.69, 9.17) is 20.9 Å². The normalized spacial score (nSPS) is 14.8. The van der Waals surface area contributed by atoms with Crippen molar-refractivity contribution in [2.75, 3.05) is 56.8 Å². The van der Waals surface area contributed by atoms with Crippen LogP contribution in [-0.2, 0) is 19.3 Å². The molecule has 1 amide bonds. The second-order valence-electron chi connectivity index (χ2n) is 18.4. The van der Waals surface area contributed by atoms with Gasteiger partial charge in [0.05, 0.1) is 15.9 Å². The first-order valence-electron chi connectivity index (χ1n) is 22.0. The van der Waals surface area contributed by atoms with E-state index in [1.165, 1.54) is 30.9 Å². The zero-order valence-corrected chi connectivity index (χ0v) is 42.1. The van der Waals surface area contributed by atoms with Crippen LogP contribution >= 0.6 is 23.4 Å². The van der Waals surface area contributed by atoms with Gasteiger partial charge in [0.2, 0.25) is 0 Å². The summed E-state index contributed by atoms with van der Waals surface area (Å²) in [5.74, 6) is 0.191. The minimum atomic E-state index is -4.38. The minimum absolute atomic E-state index is 0.0273. The number of anilines is 2. The van der Waals surface area contributed by atoms with Crippen LogP contribution in [0.25, 0.3) is 11.1 Å². The molecule has 0 aliphatic carbocycles. The second kappa shape index (κ2) is 21.7. The lowest BCUT2D eigenvalue weighted by molar-refractivity contribution is -0.736. The molecule has 346 valence electrons. The van der Waals surface area contributed by atoms with Crippen LogP contribution in [0, 0.1) is 10.8 Å². The summed E-state index contributed by atoms with van der Waals surface area (Å²) in [7, 11) is -1.36. The summed E-state index contributed by atoms with van der Waals surface area (Å²) >= 11 is 7.96. The largest absolute Gasteiger partial charge is 0.410 e. The smallest absolute Gasteiger partial charge is 0.340 e. The standard InChI is InChI=1S/C50H62ClN5O6S2Si/c1-50(2,3)65(7,8)62-48(45-17-13-12-16-44(45)36-18-22-39(51)23-19-36)37-28-32-55(33-29-37)41-24-20-38(21-25-41)49(57)53-64(59,60)43-26-27-46(47(34-43)56(58)61-6)52-40(30-31-54(4)5)35-63-42-14-10-9-11-15-42/h9-27,34,37,40,48H,28-33,35H2,1-8H3,(H-,52,53,57,58)/p+1. The number of halogens is 1. The van der Waals surface area contributed by atoms with Crippen molar-refractivity contribution in [2.45, 2.75) is 80.1 Å². The van der Waals surface area contributed by atoms with Crippen molar-refractivity contribution >= 4 is 64.7 Å². The lowest BCUT2D eigenvalue weighted by Gasteiger charge is -2.44. The van der Waals surface area contributed by atoms with Gasteiger partial charge < -0.3 is 19.5 Å². The Morgan fingerprint density at radius 3 is 2.20 bits per heavy atom. The highest BCUT2D eigenvalue weighted by Crippen LogP contribution is 2.46. The summed E-state index contributed by atoms with van der Waals surface area (Å²) in [6.07, 6.45) is 2.47. The van der Waals surface area contributed by atoms with Gasteiger partial charge in [0.25, 0.3) is 20.9 Å². The number of amides is 1. The molecule has 1 heterocycles. The monoisotopic (exact) mass is 956 g/mol. The van der Waals surface area contributed by atoms with Crippen LogP contribution < -0.4 is 14.9 Å². The van der Waals surface area contributed by atoms with Crippen molar-refractivity contribution in [3.05, 3.63) is 142 Å². The molecule has 1 aliphatic heterocycles. The molecule has 15 heteroatoms. The molecule has 1 saturated heterocycles. The van der Waals surface area contributed by atoms with Crippen LogP contribution in [0.2, 0.25) is 23.2 Å². The summed E-state index contributed by atoms with van der Waals surface area (Å²) < 4.78 is 36.9. The number of hydrogen-bond donors (Lipinski definition) is 2. The molecule has 5 aromatic carbocycles. The van der Waals surface area contributed by atoms with Crippen molar-refractivity contribution in [3.8, 4) is 11.1 Å². The van der Waals surface area contributed by atoms with Gasteiger partial charge in [0.1, 0.15) is 5.69 Å². The average Bonchev–Trinajstić information content (AvgIpc) is 3.29. The molecule has 11 nitrogen and oxygen atoms in total. The Bertz CT molecular complexity index is 2500. The fraction of sp³-hybridized carbons (Fsp3) is 0.380. The topological polar surface area (TPSA) is 120 Å². The van der Waals surface area contributed by atoms with Crippen LogP contribution in [0.4, 0.5) is 17.1 Å². The third-order valence-electron chi connectivity index (χ3n) is 12.5. The van der Waals surface area contributed by atoms with Crippen LogP contribution in [0.5, 0.6) is 0 Å². The van der Waals surface area contributed by atoms with E-state index in [0.717, 1.165) is 60.6 Å². The van der Waals surface area contributed by atoms with E-state index in [0.29, 0.717) is 16.5 Å². The van der Waals surface area contributed by atoms with Crippen LogP contribution in [-0.4, -0.2) is 85.1 Å². The van der Waals surface area contributed by atoms with E-state index >= 15 is 0 Å². The van der Waals surface area contributed by atoms with Crippen LogP contribution in [0.3, 0.4) is 0 Å². The number of piperidine rings is 1. The van der Waals surface area contributed by atoms with E-state index in [9.17, 15) is 18.1 Å². The molecule has 2 N–H and O–H groups in total. The first-order valence-corrected chi connectivity index (χ1v) is 27.8. The average molecular weight is 958 g/mol. The Kier molecular flexibility index (Phi) is 16.6. The van der Waals surface area contributed by atoms with Gasteiger partial charge in [0, 0.05) is 52.1 Å². The number of carbonyl (C=O) groups excluding carboxylic acids is 1. The van der Waals surface area contributed by atoms with Crippen LogP contribution in [0.1, 0.15) is 62.1 Å². The summed E-state index contributed by atoms with van der Waals surface area (Å²) in [5, 5.41) is 4.17. The molecule has 2 atom stereocenters. The number of hydrogen-bond acceptors (Lipinski definition) is 10. The fourth-order valence-corrected chi connectivity index (χ4v) is 11.1. The Morgan fingerprint density at radius 2 is 1.57 bits per heavy atom. The summed E-state index contributed by atoms with van der Waals surface area (Å²) in [6, 6.07) is 37.6. The molecule has 0 spiro atoms. The van der Waals surface area contributed by atoms with E-state index in [-0.39, 0.29) is 44.2 Å².